The van der Waals surface area contributed by atoms with Gasteiger partial charge in [-0.2, -0.15) is 5.26 Å². The molecule has 0 fully saturated rings. The van der Waals surface area contributed by atoms with Crippen molar-refractivity contribution in [1.29, 1.82) is 5.26 Å². The van der Waals surface area contributed by atoms with Crippen molar-refractivity contribution in [2.45, 2.75) is 13.5 Å². The van der Waals surface area contributed by atoms with Crippen molar-refractivity contribution >= 4 is 5.91 Å². The molecular formula is C16H15N3O. The Morgan fingerprint density at radius 2 is 2.00 bits per heavy atom. The van der Waals surface area contributed by atoms with Crippen molar-refractivity contribution < 1.29 is 4.79 Å². The van der Waals surface area contributed by atoms with E-state index in [9.17, 15) is 4.79 Å². The highest BCUT2D eigenvalue weighted by Gasteiger charge is 2.15. The fourth-order valence-electron chi connectivity index (χ4n) is 1.88. The highest BCUT2D eigenvalue weighted by molar-refractivity contribution is 5.92. The van der Waals surface area contributed by atoms with Crippen LogP contribution in [0.25, 0.3) is 0 Å². The normalized spacial score (nSPS) is 9.80. The molecule has 0 radical (unpaired) electrons. The monoisotopic (exact) mass is 265 g/mol. The van der Waals surface area contributed by atoms with Crippen LogP contribution < -0.4 is 0 Å². The lowest BCUT2D eigenvalue weighted by molar-refractivity contribution is 0.0746. The molecule has 1 heterocycles. The lowest BCUT2D eigenvalue weighted by atomic mass is 10.2. The van der Waals surface area contributed by atoms with Gasteiger partial charge in [-0.15, -0.1) is 0 Å². The summed E-state index contributed by atoms with van der Waals surface area (Å²) in [6.07, 6.45) is 1.42. The van der Waals surface area contributed by atoms with Crippen molar-refractivity contribution in [3.8, 4) is 6.07 Å². The molecule has 0 unspecified atom stereocenters. The average molecular weight is 265 g/mol. The van der Waals surface area contributed by atoms with Crippen molar-refractivity contribution in [1.82, 2.24) is 9.88 Å². The van der Waals surface area contributed by atoms with E-state index in [-0.39, 0.29) is 5.91 Å². The molecule has 0 aliphatic carbocycles. The van der Waals surface area contributed by atoms with Crippen LogP contribution in [0.2, 0.25) is 0 Å². The number of carbonyl (C=O) groups excluding carboxylic acids is 1. The third-order valence-corrected chi connectivity index (χ3v) is 3.00. The molecule has 0 saturated carbocycles. The number of aromatic nitrogens is 1. The summed E-state index contributed by atoms with van der Waals surface area (Å²) in [4.78, 5) is 18.1. The average Bonchev–Trinajstić information content (AvgIpc) is 2.53. The van der Waals surface area contributed by atoms with Crippen LogP contribution in [0.5, 0.6) is 0 Å². The summed E-state index contributed by atoms with van der Waals surface area (Å²) in [5, 5.41) is 8.73. The summed E-state index contributed by atoms with van der Waals surface area (Å²) in [7, 11) is 0. The quantitative estimate of drug-likeness (QED) is 0.853. The SMILES string of the molecule is CCN(Cc1ccccc1)C(=O)c1ccc(C#N)cn1. The Balaban J connectivity index is 2.14. The van der Waals surface area contributed by atoms with Crippen molar-refractivity contribution in [3.63, 3.8) is 0 Å². The molecule has 20 heavy (non-hydrogen) atoms. The van der Waals surface area contributed by atoms with Crippen molar-refractivity contribution in [2.75, 3.05) is 6.54 Å². The van der Waals surface area contributed by atoms with Gasteiger partial charge < -0.3 is 4.90 Å². The minimum absolute atomic E-state index is 0.124. The molecule has 0 spiro atoms. The second kappa shape index (κ2) is 6.48. The highest BCUT2D eigenvalue weighted by Crippen LogP contribution is 2.09. The van der Waals surface area contributed by atoms with E-state index < -0.39 is 0 Å². The minimum atomic E-state index is -0.124. The first-order chi connectivity index (χ1) is 9.74. The molecule has 2 aromatic rings. The van der Waals surface area contributed by atoms with Gasteiger partial charge in [-0.3, -0.25) is 4.79 Å². The molecule has 4 heteroatoms. The lowest BCUT2D eigenvalue weighted by Gasteiger charge is -2.20. The Morgan fingerprint density at radius 1 is 1.25 bits per heavy atom. The molecule has 4 nitrogen and oxygen atoms in total. The van der Waals surface area contributed by atoms with Gasteiger partial charge in [-0.25, -0.2) is 4.98 Å². The van der Waals surface area contributed by atoms with Gasteiger partial charge in [0.15, 0.2) is 0 Å². The molecule has 0 saturated heterocycles. The third-order valence-electron chi connectivity index (χ3n) is 3.00. The predicted molar refractivity (Wildman–Crippen MR) is 75.8 cm³/mol. The van der Waals surface area contributed by atoms with Gasteiger partial charge in [0.2, 0.25) is 0 Å². The molecular weight excluding hydrogens is 250 g/mol. The molecule has 0 aliphatic heterocycles. The second-order valence-corrected chi connectivity index (χ2v) is 4.35. The van der Waals surface area contributed by atoms with Gasteiger partial charge >= 0.3 is 0 Å². The highest BCUT2D eigenvalue weighted by atomic mass is 16.2. The molecule has 0 bridgehead atoms. The van der Waals surface area contributed by atoms with Crippen LogP contribution in [0, 0.1) is 11.3 Å². The number of hydrogen-bond donors (Lipinski definition) is 0. The first-order valence-corrected chi connectivity index (χ1v) is 6.44. The number of pyridine rings is 1. The molecule has 2 rings (SSSR count). The largest absolute Gasteiger partial charge is 0.333 e. The molecule has 0 atom stereocenters. The maximum atomic E-state index is 12.4. The van der Waals surface area contributed by atoms with Crippen LogP contribution in [0.3, 0.4) is 0 Å². The fourth-order valence-corrected chi connectivity index (χ4v) is 1.88. The molecule has 0 N–H and O–H groups in total. The van der Waals surface area contributed by atoms with Gasteiger partial charge in [0.25, 0.3) is 5.91 Å². The Hall–Kier alpha value is -2.67. The topological polar surface area (TPSA) is 57.0 Å². The van der Waals surface area contributed by atoms with Crippen molar-refractivity contribution in [3.05, 3.63) is 65.5 Å². The zero-order valence-corrected chi connectivity index (χ0v) is 11.3. The van der Waals surface area contributed by atoms with E-state index in [0.29, 0.717) is 24.3 Å². The summed E-state index contributed by atoms with van der Waals surface area (Å²) in [5.41, 5.74) is 1.89. The van der Waals surface area contributed by atoms with E-state index in [1.807, 2.05) is 43.3 Å². The molecule has 0 aliphatic rings. The van der Waals surface area contributed by atoms with Gasteiger partial charge in [-0.05, 0) is 24.6 Å². The standard InChI is InChI=1S/C16H15N3O/c1-2-19(12-13-6-4-3-5-7-13)16(20)15-9-8-14(10-17)11-18-15/h3-9,11H,2,12H2,1H3. The Labute approximate surface area is 118 Å². The number of amides is 1. The smallest absolute Gasteiger partial charge is 0.272 e. The van der Waals surface area contributed by atoms with E-state index in [0.717, 1.165) is 5.56 Å². The number of benzene rings is 1. The summed E-state index contributed by atoms with van der Waals surface area (Å²) in [5.74, 6) is -0.124. The van der Waals surface area contributed by atoms with Crippen LogP contribution in [-0.4, -0.2) is 22.3 Å². The predicted octanol–water partition coefficient (Wildman–Crippen LogP) is 2.62. The molecule has 1 aromatic carbocycles. The van der Waals surface area contributed by atoms with Gasteiger partial charge in [-0.1, -0.05) is 30.3 Å². The molecule has 100 valence electrons. The van der Waals surface area contributed by atoms with Gasteiger partial charge in [0.05, 0.1) is 5.56 Å². The van der Waals surface area contributed by atoms with E-state index in [1.165, 1.54) is 6.20 Å². The van der Waals surface area contributed by atoms with Crippen LogP contribution in [-0.2, 0) is 6.54 Å². The maximum absolute atomic E-state index is 12.4. The summed E-state index contributed by atoms with van der Waals surface area (Å²) >= 11 is 0. The number of nitriles is 1. The fraction of sp³-hybridized carbons (Fsp3) is 0.188. The summed E-state index contributed by atoms with van der Waals surface area (Å²) < 4.78 is 0. The van der Waals surface area contributed by atoms with Crippen LogP contribution in [0.4, 0.5) is 0 Å². The van der Waals surface area contributed by atoms with Crippen LogP contribution in [0.15, 0.2) is 48.7 Å². The zero-order valence-electron chi connectivity index (χ0n) is 11.3. The number of nitrogens with zero attached hydrogens (tertiary/aromatic N) is 3. The first kappa shape index (κ1) is 13.8. The van der Waals surface area contributed by atoms with Crippen LogP contribution in [0.1, 0.15) is 28.5 Å². The number of carbonyl (C=O) groups is 1. The number of hydrogen-bond acceptors (Lipinski definition) is 3. The van der Waals surface area contributed by atoms with E-state index in [1.54, 1.807) is 17.0 Å². The van der Waals surface area contributed by atoms with Crippen molar-refractivity contribution in [2.24, 2.45) is 0 Å². The maximum Gasteiger partial charge on any atom is 0.272 e. The minimum Gasteiger partial charge on any atom is -0.333 e. The third kappa shape index (κ3) is 3.21. The summed E-state index contributed by atoms with van der Waals surface area (Å²) in [6.45, 7) is 3.09. The van der Waals surface area contributed by atoms with E-state index in [4.69, 9.17) is 5.26 Å². The van der Waals surface area contributed by atoms with E-state index in [2.05, 4.69) is 4.98 Å². The zero-order chi connectivity index (χ0) is 14.4. The second-order valence-electron chi connectivity index (χ2n) is 4.35. The Kier molecular flexibility index (Phi) is 4.46. The van der Waals surface area contributed by atoms with Crippen LogP contribution >= 0.6 is 0 Å². The Morgan fingerprint density at radius 3 is 2.55 bits per heavy atom. The van der Waals surface area contributed by atoms with Gasteiger partial charge in [0, 0.05) is 19.3 Å². The molecule has 1 amide bonds. The molecule has 1 aromatic heterocycles. The van der Waals surface area contributed by atoms with Gasteiger partial charge in [0.1, 0.15) is 11.8 Å². The lowest BCUT2D eigenvalue weighted by Crippen LogP contribution is -2.30. The summed E-state index contributed by atoms with van der Waals surface area (Å²) in [6, 6.07) is 15.0. The first-order valence-electron chi connectivity index (χ1n) is 6.44. The van der Waals surface area contributed by atoms with E-state index >= 15 is 0 Å². The number of rotatable bonds is 4. The Bertz CT molecular complexity index is 614.